The van der Waals surface area contributed by atoms with Crippen molar-refractivity contribution in [3.63, 3.8) is 0 Å². The molecule has 4 nitrogen and oxygen atoms in total. The normalized spacial score (nSPS) is 45.3. The van der Waals surface area contributed by atoms with Gasteiger partial charge in [-0.2, -0.15) is 0 Å². The molecule has 0 aromatic rings. The summed E-state index contributed by atoms with van der Waals surface area (Å²) in [7, 11) is 0. The van der Waals surface area contributed by atoms with Crippen LogP contribution in [0, 0.1) is 0 Å². The van der Waals surface area contributed by atoms with Gasteiger partial charge in [0.2, 0.25) is 0 Å². The van der Waals surface area contributed by atoms with Gasteiger partial charge in [0.25, 0.3) is 5.91 Å². The van der Waals surface area contributed by atoms with Crippen molar-refractivity contribution in [2.24, 2.45) is 0 Å². The predicted octanol–water partition coefficient (Wildman–Crippen LogP) is -1.37. The smallest absolute Gasteiger partial charge is 0.251 e. The molecule has 2 fully saturated rings. The summed E-state index contributed by atoms with van der Waals surface area (Å²) in [5, 5.41) is 11.8. The zero-order valence-electron chi connectivity index (χ0n) is 5.41. The quantitative estimate of drug-likeness (QED) is 0.440. The fourth-order valence-corrected chi connectivity index (χ4v) is 1.49. The summed E-state index contributed by atoms with van der Waals surface area (Å²) < 4.78 is 5.13. The molecule has 2 rings (SSSR count). The third kappa shape index (κ3) is 0.660. The second-order valence-electron chi connectivity index (χ2n) is 2.68. The van der Waals surface area contributed by atoms with Crippen molar-refractivity contribution in [2.45, 2.75) is 24.7 Å². The van der Waals surface area contributed by atoms with Crippen molar-refractivity contribution < 1.29 is 14.6 Å². The number of hydrogen-bond acceptors (Lipinski definition) is 3. The Bertz CT molecular complexity index is 170. The maximum absolute atomic E-state index is 10.7. The van der Waals surface area contributed by atoms with Crippen LogP contribution in [0.5, 0.6) is 0 Å². The first-order chi connectivity index (χ1) is 4.79. The lowest BCUT2D eigenvalue weighted by Gasteiger charge is -2.07. The Morgan fingerprint density at radius 3 is 3.20 bits per heavy atom. The molecule has 2 saturated heterocycles. The molecule has 2 aliphatic rings. The Balaban J connectivity index is 2.16. The Morgan fingerprint density at radius 1 is 1.70 bits per heavy atom. The van der Waals surface area contributed by atoms with Gasteiger partial charge in [-0.15, -0.1) is 0 Å². The molecule has 4 heteroatoms. The third-order valence-corrected chi connectivity index (χ3v) is 2.04. The first-order valence-electron chi connectivity index (χ1n) is 3.39. The van der Waals surface area contributed by atoms with E-state index >= 15 is 0 Å². The second kappa shape index (κ2) is 1.93. The summed E-state index contributed by atoms with van der Waals surface area (Å²) in [5.74, 6) is -0.297. The second-order valence-corrected chi connectivity index (χ2v) is 2.68. The van der Waals surface area contributed by atoms with Crippen molar-refractivity contribution >= 4 is 5.91 Å². The molecule has 1 amide bonds. The summed E-state index contributed by atoms with van der Waals surface area (Å²) >= 11 is 0. The number of hydrogen-bond donors (Lipinski definition) is 2. The maximum atomic E-state index is 10.7. The number of aliphatic hydroxyl groups excluding tert-OH is 1. The van der Waals surface area contributed by atoms with Crippen LogP contribution in [0.3, 0.4) is 0 Å². The van der Waals surface area contributed by atoms with Crippen molar-refractivity contribution in [3.05, 3.63) is 0 Å². The van der Waals surface area contributed by atoms with Crippen molar-refractivity contribution in [1.29, 1.82) is 0 Å². The van der Waals surface area contributed by atoms with Crippen molar-refractivity contribution in [1.82, 2.24) is 5.32 Å². The minimum absolute atomic E-state index is 0.0579. The van der Waals surface area contributed by atoms with Crippen LogP contribution in [-0.4, -0.2) is 35.9 Å². The van der Waals surface area contributed by atoms with Crippen molar-refractivity contribution in [3.8, 4) is 0 Å². The van der Waals surface area contributed by atoms with Gasteiger partial charge in [0.1, 0.15) is 6.10 Å². The number of carbonyl (C=O) groups excluding carboxylic acids is 1. The van der Waals surface area contributed by atoms with Crippen LogP contribution >= 0.6 is 0 Å². The van der Waals surface area contributed by atoms with Crippen LogP contribution in [0.15, 0.2) is 0 Å². The van der Waals surface area contributed by atoms with Crippen LogP contribution in [0.1, 0.15) is 6.42 Å². The number of aliphatic hydroxyl groups is 1. The largest absolute Gasteiger partial charge is 0.380 e. The lowest BCUT2D eigenvalue weighted by atomic mass is 10.1. The van der Waals surface area contributed by atoms with E-state index in [2.05, 4.69) is 5.32 Å². The van der Waals surface area contributed by atoms with Gasteiger partial charge in [-0.25, -0.2) is 0 Å². The Hall–Kier alpha value is -0.610. The Kier molecular flexibility index (Phi) is 1.18. The number of carbonyl (C=O) groups is 1. The molecule has 2 heterocycles. The highest BCUT2D eigenvalue weighted by molar-refractivity contribution is 5.84. The molecule has 0 aromatic heterocycles. The number of ether oxygens (including phenoxy) is 1. The first-order valence-corrected chi connectivity index (χ1v) is 3.39. The molecule has 2 aliphatic heterocycles. The topological polar surface area (TPSA) is 58.6 Å². The fourth-order valence-electron chi connectivity index (χ4n) is 1.49. The van der Waals surface area contributed by atoms with Gasteiger partial charge < -0.3 is 15.2 Å². The summed E-state index contributed by atoms with van der Waals surface area (Å²) in [4.78, 5) is 10.7. The average Bonchev–Trinajstić information content (AvgIpc) is 2.41. The SMILES string of the molecule is O=C1NC2CCOC2C1O. The van der Waals surface area contributed by atoms with E-state index in [1.807, 2.05) is 0 Å². The van der Waals surface area contributed by atoms with E-state index in [4.69, 9.17) is 9.84 Å². The number of nitrogens with one attached hydrogen (secondary N) is 1. The summed E-state index contributed by atoms with van der Waals surface area (Å²) in [6, 6.07) is 0.0579. The number of amides is 1. The van der Waals surface area contributed by atoms with Crippen LogP contribution in [0.4, 0.5) is 0 Å². The lowest BCUT2D eigenvalue weighted by molar-refractivity contribution is -0.129. The highest BCUT2D eigenvalue weighted by Gasteiger charge is 2.44. The molecule has 0 aromatic carbocycles. The van der Waals surface area contributed by atoms with E-state index in [0.717, 1.165) is 6.42 Å². The standard InChI is InChI=1S/C6H9NO3/c8-4-5-3(1-2-10-5)7-6(4)9/h3-5,8H,1-2H2,(H,7,9). The molecule has 0 bridgehead atoms. The van der Waals surface area contributed by atoms with Gasteiger partial charge >= 0.3 is 0 Å². The molecular formula is C6H9NO3. The number of rotatable bonds is 0. The lowest BCUT2D eigenvalue weighted by Crippen LogP contribution is -2.28. The summed E-state index contributed by atoms with van der Waals surface area (Å²) in [5.41, 5.74) is 0. The van der Waals surface area contributed by atoms with E-state index < -0.39 is 6.10 Å². The van der Waals surface area contributed by atoms with E-state index in [1.165, 1.54) is 0 Å². The van der Waals surface area contributed by atoms with Crippen molar-refractivity contribution in [2.75, 3.05) is 6.61 Å². The highest BCUT2D eigenvalue weighted by Crippen LogP contribution is 2.21. The zero-order valence-corrected chi connectivity index (χ0v) is 5.41. The molecule has 0 radical (unpaired) electrons. The Morgan fingerprint density at radius 2 is 2.50 bits per heavy atom. The van der Waals surface area contributed by atoms with E-state index in [9.17, 15) is 4.79 Å². The third-order valence-electron chi connectivity index (χ3n) is 2.04. The summed E-state index contributed by atoms with van der Waals surface area (Å²) in [6.07, 6.45) is -0.395. The van der Waals surface area contributed by atoms with Crippen LogP contribution in [0.25, 0.3) is 0 Å². The molecular weight excluding hydrogens is 134 g/mol. The molecule has 10 heavy (non-hydrogen) atoms. The molecule has 2 N–H and O–H groups in total. The fraction of sp³-hybridized carbons (Fsp3) is 0.833. The maximum Gasteiger partial charge on any atom is 0.251 e. The van der Waals surface area contributed by atoms with Gasteiger partial charge in [-0.05, 0) is 6.42 Å². The minimum atomic E-state index is -0.938. The average molecular weight is 143 g/mol. The molecule has 3 atom stereocenters. The molecule has 0 aliphatic carbocycles. The Labute approximate surface area is 58.2 Å². The monoisotopic (exact) mass is 143 g/mol. The van der Waals surface area contributed by atoms with Crippen LogP contribution < -0.4 is 5.32 Å². The van der Waals surface area contributed by atoms with Crippen LogP contribution in [0.2, 0.25) is 0 Å². The molecule has 0 saturated carbocycles. The van der Waals surface area contributed by atoms with Gasteiger partial charge in [0, 0.05) is 6.61 Å². The predicted molar refractivity (Wildman–Crippen MR) is 32.3 cm³/mol. The summed E-state index contributed by atoms with van der Waals surface area (Å²) in [6.45, 7) is 0.646. The highest BCUT2D eigenvalue weighted by atomic mass is 16.5. The van der Waals surface area contributed by atoms with E-state index in [1.54, 1.807) is 0 Å². The van der Waals surface area contributed by atoms with Gasteiger partial charge in [-0.1, -0.05) is 0 Å². The number of fused-ring (bicyclic) bond motifs is 1. The molecule has 56 valence electrons. The van der Waals surface area contributed by atoms with E-state index in [0.29, 0.717) is 6.61 Å². The van der Waals surface area contributed by atoms with E-state index in [-0.39, 0.29) is 18.1 Å². The van der Waals surface area contributed by atoms with Gasteiger partial charge in [-0.3, -0.25) is 4.79 Å². The van der Waals surface area contributed by atoms with Gasteiger partial charge in [0.15, 0.2) is 6.10 Å². The van der Waals surface area contributed by atoms with Gasteiger partial charge in [0.05, 0.1) is 6.04 Å². The molecule has 0 spiro atoms. The first kappa shape index (κ1) is 6.12. The molecule has 3 unspecified atom stereocenters. The van der Waals surface area contributed by atoms with Crippen LogP contribution in [-0.2, 0) is 9.53 Å². The zero-order chi connectivity index (χ0) is 7.14. The minimum Gasteiger partial charge on any atom is -0.380 e.